The maximum absolute atomic E-state index is 12.6. The standard InChI is InChI=1S/C18H22O4/c19-9-10-21-16-12-22-15-8-4-7-14(17(15)18(16)20)11-13-5-2-1-3-6-13/h4,7-8,12-13,19H,1-3,5-6,9-11H2. The van der Waals surface area contributed by atoms with Crippen LogP contribution >= 0.6 is 0 Å². The number of aliphatic hydroxyl groups is 1. The molecule has 1 fully saturated rings. The van der Waals surface area contributed by atoms with Gasteiger partial charge in [0.2, 0.25) is 11.2 Å². The van der Waals surface area contributed by atoms with Gasteiger partial charge < -0.3 is 14.3 Å². The van der Waals surface area contributed by atoms with E-state index in [-0.39, 0.29) is 24.4 Å². The lowest BCUT2D eigenvalue weighted by Crippen LogP contribution is -2.14. The molecule has 4 nitrogen and oxygen atoms in total. The van der Waals surface area contributed by atoms with E-state index < -0.39 is 0 Å². The van der Waals surface area contributed by atoms with E-state index in [9.17, 15) is 4.79 Å². The van der Waals surface area contributed by atoms with Crippen LogP contribution in [0.15, 0.2) is 33.7 Å². The average molecular weight is 302 g/mol. The summed E-state index contributed by atoms with van der Waals surface area (Å²) in [7, 11) is 0. The van der Waals surface area contributed by atoms with Gasteiger partial charge in [-0.05, 0) is 24.0 Å². The van der Waals surface area contributed by atoms with Crippen LogP contribution in [0.1, 0.15) is 37.7 Å². The van der Waals surface area contributed by atoms with Gasteiger partial charge in [0.15, 0.2) is 0 Å². The number of rotatable bonds is 5. The van der Waals surface area contributed by atoms with Crippen molar-refractivity contribution in [2.75, 3.05) is 13.2 Å². The molecule has 1 aromatic heterocycles. The molecule has 1 N–H and O–H groups in total. The van der Waals surface area contributed by atoms with Crippen LogP contribution in [0.25, 0.3) is 11.0 Å². The maximum atomic E-state index is 12.6. The monoisotopic (exact) mass is 302 g/mol. The molecule has 4 heteroatoms. The van der Waals surface area contributed by atoms with Gasteiger partial charge in [-0.2, -0.15) is 0 Å². The van der Waals surface area contributed by atoms with Crippen molar-refractivity contribution in [2.24, 2.45) is 5.92 Å². The van der Waals surface area contributed by atoms with Gasteiger partial charge in [-0.3, -0.25) is 4.79 Å². The van der Waals surface area contributed by atoms with E-state index in [1.54, 1.807) is 0 Å². The first-order chi connectivity index (χ1) is 10.8. The fourth-order valence-corrected chi connectivity index (χ4v) is 3.35. The molecule has 0 amide bonds. The highest BCUT2D eigenvalue weighted by atomic mass is 16.5. The smallest absolute Gasteiger partial charge is 0.234 e. The van der Waals surface area contributed by atoms with E-state index in [0.717, 1.165) is 12.0 Å². The molecule has 2 aromatic rings. The Kier molecular flexibility index (Phi) is 4.78. The summed E-state index contributed by atoms with van der Waals surface area (Å²) in [6.07, 6.45) is 8.64. The van der Waals surface area contributed by atoms with Crippen molar-refractivity contribution < 1.29 is 14.3 Å². The van der Waals surface area contributed by atoms with E-state index in [0.29, 0.717) is 16.9 Å². The number of hydrogen-bond acceptors (Lipinski definition) is 4. The zero-order chi connectivity index (χ0) is 15.4. The average Bonchev–Trinajstić information content (AvgIpc) is 2.55. The molecule has 118 valence electrons. The third-order valence-electron chi connectivity index (χ3n) is 4.44. The van der Waals surface area contributed by atoms with Crippen LogP contribution in [0, 0.1) is 5.92 Å². The van der Waals surface area contributed by atoms with Crippen molar-refractivity contribution >= 4 is 11.0 Å². The van der Waals surface area contributed by atoms with Crippen LogP contribution in [0.3, 0.4) is 0 Å². The lowest BCUT2D eigenvalue weighted by molar-refractivity contribution is 0.198. The van der Waals surface area contributed by atoms with Gasteiger partial charge in [-0.25, -0.2) is 0 Å². The minimum absolute atomic E-state index is 0.0983. The molecule has 0 spiro atoms. The Labute approximate surface area is 129 Å². The van der Waals surface area contributed by atoms with Crippen LogP contribution in [-0.4, -0.2) is 18.3 Å². The molecule has 1 aliphatic carbocycles. The lowest BCUT2D eigenvalue weighted by Gasteiger charge is -2.21. The van der Waals surface area contributed by atoms with Crippen molar-refractivity contribution in [2.45, 2.75) is 38.5 Å². The Balaban J connectivity index is 1.96. The molecular formula is C18H22O4. The molecule has 1 saturated carbocycles. The van der Waals surface area contributed by atoms with Gasteiger partial charge in [0.05, 0.1) is 12.0 Å². The third-order valence-corrected chi connectivity index (χ3v) is 4.44. The molecule has 0 bridgehead atoms. The minimum Gasteiger partial charge on any atom is -0.484 e. The summed E-state index contributed by atoms with van der Waals surface area (Å²) in [5.74, 6) is 0.832. The van der Waals surface area contributed by atoms with E-state index >= 15 is 0 Å². The van der Waals surface area contributed by atoms with Crippen LogP contribution in [0.5, 0.6) is 5.75 Å². The van der Waals surface area contributed by atoms with Gasteiger partial charge in [0, 0.05) is 0 Å². The molecule has 0 unspecified atom stereocenters. The van der Waals surface area contributed by atoms with Crippen molar-refractivity contribution in [3.8, 4) is 5.75 Å². The van der Waals surface area contributed by atoms with Crippen LogP contribution in [-0.2, 0) is 6.42 Å². The summed E-state index contributed by atoms with van der Waals surface area (Å²) in [5.41, 5.74) is 1.52. The van der Waals surface area contributed by atoms with Gasteiger partial charge in [0.1, 0.15) is 18.5 Å². The van der Waals surface area contributed by atoms with E-state index in [2.05, 4.69) is 0 Å². The molecule has 3 rings (SSSR count). The number of aliphatic hydroxyl groups excluding tert-OH is 1. The molecule has 0 saturated heterocycles. The summed E-state index contributed by atoms with van der Waals surface area (Å²) >= 11 is 0. The number of ether oxygens (including phenoxy) is 1. The lowest BCUT2D eigenvalue weighted by atomic mass is 9.84. The van der Waals surface area contributed by atoms with E-state index in [1.807, 2.05) is 18.2 Å². The summed E-state index contributed by atoms with van der Waals surface area (Å²) in [4.78, 5) is 12.6. The van der Waals surface area contributed by atoms with Crippen LogP contribution < -0.4 is 10.2 Å². The van der Waals surface area contributed by atoms with Gasteiger partial charge in [-0.1, -0.05) is 44.2 Å². The third kappa shape index (κ3) is 3.17. The minimum atomic E-state index is -0.138. The second-order valence-electron chi connectivity index (χ2n) is 6.00. The van der Waals surface area contributed by atoms with Gasteiger partial charge >= 0.3 is 0 Å². The fourth-order valence-electron chi connectivity index (χ4n) is 3.35. The molecular weight excluding hydrogens is 280 g/mol. The second kappa shape index (κ2) is 6.97. The van der Waals surface area contributed by atoms with Gasteiger partial charge in [-0.15, -0.1) is 0 Å². The molecule has 1 aliphatic rings. The Hall–Kier alpha value is -1.81. The molecule has 1 heterocycles. The molecule has 0 aliphatic heterocycles. The first-order valence-corrected chi connectivity index (χ1v) is 8.06. The van der Waals surface area contributed by atoms with Crippen molar-refractivity contribution in [3.05, 3.63) is 40.2 Å². The predicted molar refractivity (Wildman–Crippen MR) is 85.3 cm³/mol. The normalized spacial score (nSPS) is 16.0. The largest absolute Gasteiger partial charge is 0.484 e. The summed E-state index contributed by atoms with van der Waals surface area (Å²) in [6, 6.07) is 5.78. The van der Waals surface area contributed by atoms with Crippen molar-refractivity contribution in [1.29, 1.82) is 0 Å². The molecule has 1 aromatic carbocycles. The predicted octanol–water partition coefficient (Wildman–Crippen LogP) is 3.29. The number of hydrogen-bond donors (Lipinski definition) is 1. The Bertz CT molecular complexity index is 683. The van der Waals surface area contributed by atoms with Crippen LogP contribution in [0.2, 0.25) is 0 Å². The maximum Gasteiger partial charge on any atom is 0.234 e. The topological polar surface area (TPSA) is 59.7 Å². The summed E-state index contributed by atoms with van der Waals surface area (Å²) in [6.45, 7) is -0.0255. The fraction of sp³-hybridized carbons (Fsp3) is 0.500. The van der Waals surface area contributed by atoms with E-state index in [1.165, 1.54) is 38.4 Å². The SMILES string of the molecule is O=c1c(OCCO)coc2cccc(CC3CCCCC3)c12. The molecule has 22 heavy (non-hydrogen) atoms. The summed E-state index contributed by atoms with van der Waals surface area (Å²) < 4.78 is 10.8. The first kappa shape index (κ1) is 15.1. The second-order valence-corrected chi connectivity index (χ2v) is 6.00. The van der Waals surface area contributed by atoms with Crippen LogP contribution in [0.4, 0.5) is 0 Å². The highest BCUT2D eigenvalue weighted by molar-refractivity contribution is 5.81. The molecule has 0 radical (unpaired) electrons. The van der Waals surface area contributed by atoms with Crippen molar-refractivity contribution in [1.82, 2.24) is 0 Å². The van der Waals surface area contributed by atoms with Gasteiger partial charge in [0.25, 0.3) is 0 Å². The Morgan fingerprint density at radius 1 is 1.23 bits per heavy atom. The van der Waals surface area contributed by atoms with E-state index in [4.69, 9.17) is 14.3 Å². The first-order valence-electron chi connectivity index (χ1n) is 8.06. The van der Waals surface area contributed by atoms with Crippen molar-refractivity contribution in [3.63, 3.8) is 0 Å². The highest BCUT2D eigenvalue weighted by Crippen LogP contribution is 2.29. The molecule has 0 atom stereocenters. The quantitative estimate of drug-likeness (QED) is 0.920. The number of fused-ring (bicyclic) bond motifs is 1. The zero-order valence-corrected chi connectivity index (χ0v) is 12.7. The summed E-state index contributed by atoms with van der Waals surface area (Å²) in [5, 5.41) is 9.47. The highest BCUT2D eigenvalue weighted by Gasteiger charge is 2.18. The Morgan fingerprint density at radius 3 is 2.82 bits per heavy atom. The Morgan fingerprint density at radius 2 is 2.05 bits per heavy atom. The zero-order valence-electron chi connectivity index (χ0n) is 12.7. The number of benzene rings is 1.